The molecule has 29 heteroatoms. The van der Waals surface area contributed by atoms with Crippen LogP contribution in [0.1, 0.15) is 157 Å². The monoisotopic (exact) mass is 2070 g/mol. The van der Waals surface area contributed by atoms with E-state index in [0.29, 0.717) is 76.7 Å². The molecule has 2 aliphatic heterocycles. The molecule has 0 saturated carbocycles. The summed E-state index contributed by atoms with van der Waals surface area (Å²) in [5.41, 5.74) is 9.28. The van der Waals surface area contributed by atoms with E-state index in [-0.39, 0.29) is 91.6 Å². The molecule has 7 aromatic carbocycles. The first-order valence-electron chi connectivity index (χ1n) is 43.1. The minimum absolute atomic E-state index is 0. The van der Waals surface area contributed by atoms with Crippen molar-refractivity contribution < 1.29 is 74.4 Å². The summed E-state index contributed by atoms with van der Waals surface area (Å²) in [6.45, 7) is 36.8. The third-order valence-electron chi connectivity index (χ3n) is 19.3. The molecule has 0 unspecified atom stereocenters. The van der Waals surface area contributed by atoms with E-state index in [2.05, 4.69) is 168 Å². The normalized spacial score (nSPS) is 12.2. The van der Waals surface area contributed by atoms with E-state index in [9.17, 15) is 48.6 Å². The fourth-order valence-electron chi connectivity index (χ4n) is 12.4. The average molecular weight is 2080 g/mol. The largest absolute Gasteiger partial charge is 0.269 e. The summed E-state index contributed by atoms with van der Waals surface area (Å²) >= 11 is 23.3. The van der Waals surface area contributed by atoms with Crippen molar-refractivity contribution in [2.45, 2.75) is 157 Å². The van der Waals surface area contributed by atoms with Gasteiger partial charge in [-0.25, -0.2) is 9.59 Å². The molecule has 2 aromatic heterocycles. The maximum absolute atomic E-state index is 12.6. The van der Waals surface area contributed by atoms with Gasteiger partial charge in [0.1, 0.15) is 22.3 Å². The molecule has 11 rings (SSSR count). The number of allylic oxidation sites excluding steroid dienone is 4. The molecule has 4 heterocycles. The number of carbonyl (C=O) groups is 6. The summed E-state index contributed by atoms with van der Waals surface area (Å²) in [6.07, 6.45) is 10.6. The topological polar surface area (TPSA) is 235 Å². The number of halogens is 3. The number of rotatable bonds is 24. The van der Waals surface area contributed by atoms with Crippen LogP contribution in [0.4, 0.5) is 16.1 Å². The predicted molar refractivity (Wildman–Crippen MR) is 544 cm³/mol. The number of aromatic hydroxyl groups is 2. The minimum atomic E-state index is -0.489. The van der Waals surface area contributed by atoms with E-state index in [4.69, 9.17) is 58.3 Å². The molecule has 700 valence electrons. The average Bonchev–Trinajstić information content (AvgIpc) is 0.790. The maximum atomic E-state index is 12.6. The van der Waals surface area contributed by atoms with E-state index in [0.717, 1.165) is 23.2 Å². The molecule has 22 nitrogen and oxygen atoms in total. The van der Waals surface area contributed by atoms with Gasteiger partial charge in [-0.15, -0.1) is 0 Å². The Morgan fingerprint density at radius 1 is 0.408 bits per heavy atom. The zero-order valence-electron chi connectivity index (χ0n) is 78.7. The van der Waals surface area contributed by atoms with Gasteiger partial charge >= 0.3 is 133 Å². The van der Waals surface area contributed by atoms with Crippen molar-refractivity contribution in [3.63, 3.8) is 0 Å². The molecule has 0 atom stereocenters. The first kappa shape index (κ1) is 113. The van der Waals surface area contributed by atoms with Gasteiger partial charge < -0.3 is 29.5 Å². The van der Waals surface area contributed by atoms with Crippen LogP contribution in [-0.2, 0) is 67.7 Å². The first-order chi connectivity index (χ1) is 61.4. The molecule has 2 fully saturated rings. The number of hydrogen-bond acceptors (Lipinski definition) is 18. The Morgan fingerprint density at radius 3 is 0.946 bits per heavy atom. The summed E-state index contributed by atoms with van der Waals surface area (Å²) in [5.74, 6) is -1.50. The summed E-state index contributed by atoms with van der Waals surface area (Å²) in [6, 6.07) is 62.1. The van der Waals surface area contributed by atoms with Gasteiger partial charge in [-0.05, 0) is 257 Å². The predicted octanol–water partition coefficient (Wildman–Crippen LogP) is 16.9. The Balaban J connectivity index is 0.000000400. The summed E-state index contributed by atoms with van der Waals surface area (Å²) in [5, 5.41) is 21.3. The van der Waals surface area contributed by atoms with Crippen molar-refractivity contribution in [1.82, 2.24) is 37.9 Å². The smallest absolute Gasteiger partial charge is 0.0398 e. The van der Waals surface area contributed by atoms with E-state index in [1.54, 1.807) is 93.5 Å². The SMILES string of the molecule is CC(C)Cc1ccc(I)cc1.CCN1C(=O)C(=C/C=C/c2c(O)n(CC)c(=S)n(CC)c2=O)C(=O)N(CC)C1=S.CCN1C(=O)C(=C/C=C/c2c(O)n(CC)c(=S)n(CC)c2=O)C(=O)N(CC)C1=S.CCOC(=O)c1ccc(N(C)C)cc1.CCOC(=O)c1ccc(N(C)C)cc1.Cc1ccc([I-]c2ccc(CC(C)C)cc2)cc1.Cc1ccccc1.Cc1ccccc1.F. The molecule has 9 aromatic rings. The fourth-order valence-corrected chi connectivity index (χ4v) is 16.6. The van der Waals surface area contributed by atoms with Gasteiger partial charge in [0.15, 0.2) is 19.8 Å². The molecule has 4 amide bonds. The second-order valence-electron chi connectivity index (χ2n) is 30.2. The van der Waals surface area contributed by atoms with Crippen LogP contribution in [-0.4, -0.2) is 161 Å². The number of esters is 2. The van der Waals surface area contributed by atoms with Crippen LogP contribution in [0, 0.1) is 52.9 Å². The van der Waals surface area contributed by atoms with Crippen molar-refractivity contribution in [3.05, 3.63) is 308 Å². The number of amides is 4. The van der Waals surface area contributed by atoms with Crippen molar-refractivity contribution in [1.29, 1.82) is 0 Å². The molecule has 0 aliphatic carbocycles. The molecule has 2 aliphatic rings. The van der Waals surface area contributed by atoms with Gasteiger partial charge in [-0.2, -0.15) is 0 Å². The molecular weight excluding hydrogens is 1950 g/mol. The molecular formula is C101H128FI2N10O12S4-. The number of hydrogen-bond donors (Lipinski definition) is 2. The molecule has 2 saturated heterocycles. The minimum Gasteiger partial charge on any atom is -0.269 e. The van der Waals surface area contributed by atoms with Crippen molar-refractivity contribution in [3.8, 4) is 11.8 Å². The Bertz CT molecular complexity index is 5240. The number of benzene rings is 7. The van der Waals surface area contributed by atoms with Crippen LogP contribution in [0.15, 0.2) is 227 Å². The van der Waals surface area contributed by atoms with E-state index in [1.807, 2.05) is 98.7 Å². The Kier molecular flexibility index (Phi) is 51.4. The number of ether oxygens (including phenoxy) is 2. The molecule has 0 bridgehead atoms. The number of nitrogens with zero attached hydrogens (tertiary/aromatic N) is 10. The van der Waals surface area contributed by atoms with Crippen LogP contribution in [0.2, 0.25) is 0 Å². The quantitative estimate of drug-likeness (QED) is 0.0188. The fraction of sp³-hybridized carbons (Fsp3) is 0.347. The summed E-state index contributed by atoms with van der Waals surface area (Å²) < 4.78 is 20.2. The van der Waals surface area contributed by atoms with Crippen molar-refractivity contribution in [2.24, 2.45) is 11.8 Å². The van der Waals surface area contributed by atoms with E-state index in [1.165, 1.54) is 126 Å². The standard InChI is InChI=1S/2C19H24N4O4S2.C17H20I.2C11H15NO2.C10H13I.2C7H8.FH/c2*1-5-20-14(24)12(15(25)21(6-2)18(20)28)10-9-11-13-16(26)22(7-3)19(29)23(8-4)17(13)27;1-13(2)12-15-6-10-17(11-7-15)18-16-8-4-14(3)5-9-16;2*1-4-14-11(13)9-5-7-10(8-6-9)12(2)3;1-8(2)7-9-3-5-10(11)6-4-9;2*1-7-5-3-2-4-6-7;/h2*9-11,24H,5-8H2,1-4H3;4-11,13H,12H2,1-3H3;2*5-8H,4H2,1-3H3;3-6,8H,7H2,1-2H3;2*2-6H,1H3;1H/q;;-1;;;;;;/b2*10-9+;;;;;;;. The van der Waals surface area contributed by atoms with Gasteiger partial charge in [0.25, 0.3) is 34.7 Å². The molecule has 0 spiro atoms. The van der Waals surface area contributed by atoms with Gasteiger partial charge in [0, 0.05) is 95.5 Å². The van der Waals surface area contributed by atoms with Gasteiger partial charge in [-0.1, -0.05) is 110 Å². The number of anilines is 2. The van der Waals surface area contributed by atoms with Gasteiger partial charge in [0.05, 0.1) is 24.3 Å². The van der Waals surface area contributed by atoms with Crippen LogP contribution < -0.4 is 42.1 Å². The summed E-state index contributed by atoms with van der Waals surface area (Å²) in [7, 11) is 7.83. The Labute approximate surface area is 812 Å². The van der Waals surface area contributed by atoms with Crippen LogP contribution in [0.25, 0.3) is 12.2 Å². The number of aryl methyl sites for hydroxylation is 3. The van der Waals surface area contributed by atoms with Crippen LogP contribution >= 0.6 is 71.5 Å². The van der Waals surface area contributed by atoms with Gasteiger partial charge in [-0.3, -0.25) is 71.3 Å². The first-order valence-corrected chi connectivity index (χ1v) is 48.0. The van der Waals surface area contributed by atoms with E-state index < -0.39 is 34.7 Å². The molecule has 130 heavy (non-hydrogen) atoms. The van der Waals surface area contributed by atoms with E-state index >= 15 is 0 Å². The molecule has 0 radical (unpaired) electrons. The number of likely N-dealkylation sites (N-methyl/N-ethyl adjacent to an activating group) is 4. The maximum Gasteiger partial charge on any atom is -0.0398 e. The summed E-state index contributed by atoms with van der Waals surface area (Å²) in [4.78, 5) is 108. The Hall–Kier alpha value is -10.7. The zero-order chi connectivity index (χ0) is 96.3. The second-order valence-corrected chi connectivity index (χ2v) is 36.0. The molecule has 2 N–H and O–H groups in total. The zero-order valence-corrected chi connectivity index (χ0v) is 86.3. The van der Waals surface area contributed by atoms with Crippen molar-refractivity contribution >= 4 is 141 Å². The number of aromatic nitrogens is 4. The number of carbonyl (C=O) groups excluding carboxylic acids is 6. The number of thiocarbonyl (C=S) groups is 2. The third kappa shape index (κ3) is 34.9. The van der Waals surface area contributed by atoms with Crippen LogP contribution in [0.5, 0.6) is 11.8 Å². The second kappa shape index (κ2) is 58.8. The third-order valence-corrected chi connectivity index (χ3v) is 24.5. The van der Waals surface area contributed by atoms with Crippen LogP contribution in [0.3, 0.4) is 0 Å². The Morgan fingerprint density at radius 2 is 0.692 bits per heavy atom. The van der Waals surface area contributed by atoms with Crippen molar-refractivity contribution in [2.75, 3.05) is 77.4 Å². The van der Waals surface area contributed by atoms with Gasteiger partial charge in [0.2, 0.25) is 11.8 Å².